The molecule has 2 rings (SSSR count). The first-order chi connectivity index (χ1) is 8.06. The van der Waals surface area contributed by atoms with E-state index < -0.39 is 6.10 Å². The summed E-state index contributed by atoms with van der Waals surface area (Å²) in [7, 11) is 0. The van der Waals surface area contributed by atoms with Gasteiger partial charge in [0.1, 0.15) is 0 Å². The molecule has 0 spiro atoms. The number of rotatable bonds is 3. The van der Waals surface area contributed by atoms with Gasteiger partial charge in [-0.25, -0.2) is 4.98 Å². The maximum Gasteiger partial charge on any atom is 0.0897 e. The number of hydrogen-bond donors (Lipinski definition) is 1. The van der Waals surface area contributed by atoms with Crippen molar-refractivity contribution in [1.82, 2.24) is 4.98 Å². The van der Waals surface area contributed by atoms with E-state index in [4.69, 9.17) is 0 Å². The standard InChI is InChI=1S/C13H14BrNOS/c1-8-5-10(3-4-12(8)14)13(16)6-11-7-17-9(2)15-11/h3-5,7,13,16H,6H2,1-2H3. The summed E-state index contributed by atoms with van der Waals surface area (Å²) in [6.07, 6.45) is 0.0918. The largest absolute Gasteiger partial charge is 0.388 e. The van der Waals surface area contributed by atoms with Gasteiger partial charge in [0.15, 0.2) is 0 Å². The molecule has 1 unspecified atom stereocenters. The zero-order valence-electron chi connectivity index (χ0n) is 9.77. The Bertz CT molecular complexity index is 524. The molecule has 0 saturated carbocycles. The molecular formula is C13H14BrNOS. The van der Waals surface area contributed by atoms with Crippen LogP contribution in [0.25, 0.3) is 0 Å². The van der Waals surface area contributed by atoms with Crippen LogP contribution in [0, 0.1) is 13.8 Å². The summed E-state index contributed by atoms with van der Waals surface area (Å²) < 4.78 is 1.07. The van der Waals surface area contributed by atoms with E-state index in [9.17, 15) is 5.11 Å². The third-order valence-electron chi connectivity index (χ3n) is 2.64. The quantitative estimate of drug-likeness (QED) is 0.935. The van der Waals surface area contributed by atoms with Crippen molar-refractivity contribution in [3.63, 3.8) is 0 Å². The predicted octanol–water partition coefficient (Wildman–Crippen LogP) is 3.80. The number of halogens is 1. The van der Waals surface area contributed by atoms with Crippen molar-refractivity contribution in [3.05, 3.63) is 49.9 Å². The summed E-state index contributed by atoms with van der Waals surface area (Å²) in [5.41, 5.74) is 3.04. The molecule has 2 aromatic rings. The second kappa shape index (κ2) is 5.29. The van der Waals surface area contributed by atoms with Crippen molar-refractivity contribution < 1.29 is 5.11 Å². The molecule has 17 heavy (non-hydrogen) atoms. The van der Waals surface area contributed by atoms with Crippen molar-refractivity contribution >= 4 is 27.3 Å². The molecule has 1 heterocycles. The molecule has 0 saturated heterocycles. The predicted molar refractivity (Wildman–Crippen MR) is 74.4 cm³/mol. The smallest absolute Gasteiger partial charge is 0.0897 e. The Kier molecular flexibility index (Phi) is 3.97. The number of aromatic nitrogens is 1. The fraction of sp³-hybridized carbons (Fsp3) is 0.308. The highest BCUT2D eigenvalue weighted by molar-refractivity contribution is 9.10. The van der Waals surface area contributed by atoms with E-state index in [0.717, 1.165) is 26.3 Å². The number of aliphatic hydroxyl groups is 1. The van der Waals surface area contributed by atoms with E-state index in [-0.39, 0.29) is 0 Å². The monoisotopic (exact) mass is 311 g/mol. The van der Waals surface area contributed by atoms with Gasteiger partial charge in [-0.3, -0.25) is 0 Å². The van der Waals surface area contributed by atoms with E-state index in [1.54, 1.807) is 11.3 Å². The average Bonchev–Trinajstić information content (AvgIpc) is 2.68. The molecule has 0 fully saturated rings. The number of nitrogens with zero attached hydrogens (tertiary/aromatic N) is 1. The molecule has 0 bridgehead atoms. The molecule has 1 aromatic heterocycles. The van der Waals surface area contributed by atoms with Gasteiger partial charge in [-0.1, -0.05) is 28.1 Å². The number of aliphatic hydroxyl groups excluding tert-OH is 1. The van der Waals surface area contributed by atoms with Gasteiger partial charge in [-0.2, -0.15) is 0 Å². The van der Waals surface area contributed by atoms with Gasteiger partial charge < -0.3 is 5.11 Å². The molecule has 1 N–H and O–H groups in total. The van der Waals surface area contributed by atoms with E-state index >= 15 is 0 Å². The van der Waals surface area contributed by atoms with Crippen molar-refractivity contribution in [1.29, 1.82) is 0 Å². The third-order valence-corrected chi connectivity index (χ3v) is 4.35. The Labute approximate surface area is 113 Å². The van der Waals surface area contributed by atoms with Crippen LogP contribution in [0.1, 0.15) is 27.9 Å². The summed E-state index contributed by atoms with van der Waals surface area (Å²) in [4.78, 5) is 4.37. The zero-order chi connectivity index (χ0) is 12.4. The van der Waals surface area contributed by atoms with Crippen LogP contribution in [0.3, 0.4) is 0 Å². The normalized spacial score (nSPS) is 12.7. The molecule has 4 heteroatoms. The number of benzene rings is 1. The van der Waals surface area contributed by atoms with E-state index in [1.807, 2.05) is 37.4 Å². The lowest BCUT2D eigenvalue weighted by Crippen LogP contribution is -2.02. The fourth-order valence-corrected chi connectivity index (χ4v) is 2.57. The van der Waals surface area contributed by atoms with Crippen molar-refractivity contribution in [2.24, 2.45) is 0 Å². The highest BCUT2D eigenvalue weighted by Gasteiger charge is 2.11. The maximum absolute atomic E-state index is 10.1. The van der Waals surface area contributed by atoms with Crippen molar-refractivity contribution in [3.8, 4) is 0 Å². The Morgan fingerprint density at radius 1 is 1.41 bits per heavy atom. The Balaban J connectivity index is 2.14. The molecule has 0 aliphatic carbocycles. The second-order valence-electron chi connectivity index (χ2n) is 4.09. The summed E-state index contributed by atoms with van der Waals surface area (Å²) >= 11 is 5.07. The lowest BCUT2D eigenvalue weighted by atomic mass is 10.0. The van der Waals surface area contributed by atoms with Gasteiger partial charge >= 0.3 is 0 Å². The molecule has 90 valence electrons. The van der Waals surface area contributed by atoms with Gasteiger partial charge in [0.05, 0.1) is 16.8 Å². The molecular weight excluding hydrogens is 298 g/mol. The maximum atomic E-state index is 10.1. The van der Waals surface area contributed by atoms with Crippen molar-refractivity contribution in [2.45, 2.75) is 26.4 Å². The van der Waals surface area contributed by atoms with E-state index in [2.05, 4.69) is 20.9 Å². The summed E-state index contributed by atoms with van der Waals surface area (Å²) in [5.74, 6) is 0. The van der Waals surface area contributed by atoms with Gasteiger partial charge in [-0.05, 0) is 31.0 Å². The Morgan fingerprint density at radius 2 is 2.18 bits per heavy atom. The van der Waals surface area contributed by atoms with Crippen LogP contribution in [0.5, 0.6) is 0 Å². The Hall–Kier alpha value is -0.710. The summed E-state index contributed by atoms with van der Waals surface area (Å²) in [5, 5.41) is 13.2. The second-order valence-corrected chi connectivity index (χ2v) is 6.00. The van der Waals surface area contributed by atoms with Crippen molar-refractivity contribution in [2.75, 3.05) is 0 Å². The zero-order valence-corrected chi connectivity index (χ0v) is 12.2. The van der Waals surface area contributed by atoms with E-state index in [1.165, 1.54) is 0 Å². The number of aryl methyl sites for hydroxylation is 2. The first-order valence-corrected chi connectivity index (χ1v) is 7.08. The SMILES string of the molecule is Cc1nc(CC(O)c2ccc(Br)c(C)c2)cs1. The minimum Gasteiger partial charge on any atom is -0.388 e. The average molecular weight is 312 g/mol. The summed E-state index contributed by atoms with van der Waals surface area (Å²) in [6.45, 7) is 4.00. The molecule has 0 aliphatic heterocycles. The van der Waals surface area contributed by atoms with Gasteiger partial charge in [-0.15, -0.1) is 11.3 Å². The van der Waals surface area contributed by atoms with Crippen LogP contribution in [0.4, 0.5) is 0 Å². The van der Waals surface area contributed by atoms with Crippen LogP contribution >= 0.6 is 27.3 Å². The molecule has 0 radical (unpaired) electrons. The van der Waals surface area contributed by atoms with Gasteiger partial charge in [0, 0.05) is 16.3 Å². The lowest BCUT2D eigenvalue weighted by Gasteiger charge is -2.11. The molecule has 1 aromatic carbocycles. The molecule has 0 amide bonds. The summed E-state index contributed by atoms with van der Waals surface area (Å²) in [6, 6.07) is 5.93. The molecule has 2 nitrogen and oxygen atoms in total. The lowest BCUT2D eigenvalue weighted by molar-refractivity contribution is 0.177. The van der Waals surface area contributed by atoms with Gasteiger partial charge in [0.25, 0.3) is 0 Å². The number of thiazole rings is 1. The van der Waals surface area contributed by atoms with Crippen LogP contribution in [0.2, 0.25) is 0 Å². The number of hydrogen-bond acceptors (Lipinski definition) is 3. The van der Waals surface area contributed by atoms with Gasteiger partial charge in [0.2, 0.25) is 0 Å². The fourth-order valence-electron chi connectivity index (χ4n) is 1.69. The van der Waals surface area contributed by atoms with Crippen LogP contribution < -0.4 is 0 Å². The first-order valence-electron chi connectivity index (χ1n) is 5.41. The minimum absolute atomic E-state index is 0.483. The van der Waals surface area contributed by atoms with Crippen LogP contribution in [-0.4, -0.2) is 10.1 Å². The highest BCUT2D eigenvalue weighted by Crippen LogP contribution is 2.24. The van der Waals surface area contributed by atoms with Crippen LogP contribution in [-0.2, 0) is 6.42 Å². The molecule has 0 aliphatic rings. The highest BCUT2D eigenvalue weighted by atomic mass is 79.9. The topological polar surface area (TPSA) is 33.1 Å². The minimum atomic E-state index is -0.483. The van der Waals surface area contributed by atoms with Crippen LogP contribution in [0.15, 0.2) is 28.1 Å². The third kappa shape index (κ3) is 3.15. The van der Waals surface area contributed by atoms with E-state index in [0.29, 0.717) is 6.42 Å². The first kappa shape index (κ1) is 12.7. The molecule has 1 atom stereocenters. The Morgan fingerprint density at radius 3 is 2.76 bits per heavy atom.